The van der Waals surface area contributed by atoms with Gasteiger partial charge < -0.3 is 25.2 Å². The Hall–Kier alpha value is -3.24. The molecule has 3 heterocycles. The van der Waals surface area contributed by atoms with Crippen molar-refractivity contribution in [2.75, 3.05) is 32.2 Å². The molecule has 1 aromatic heterocycles. The molecule has 11 nitrogen and oxygen atoms in total. The Kier molecular flexibility index (Phi) is 9.27. The smallest absolute Gasteiger partial charge is 0.244 e. The van der Waals surface area contributed by atoms with Crippen LogP contribution < -0.4 is 15.4 Å². The highest BCUT2D eigenvalue weighted by Gasteiger charge is 2.41. The zero-order valence-corrected chi connectivity index (χ0v) is 25.7. The molecule has 1 fully saturated rings. The van der Waals surface area contributed by atoms with Gasteiger partial charge in [0, 0.05) is 31.0 Å². The summed E-state index contributed by atoms with van der Waals surface area (Å²) in [7, 11) is -2.74. The topological polar surface area (TPSA) is 143 Å². The molecule has 3 aromatic rings. The highest BCUT2D eigenvalue weighted by Crippen LogP contribution is 2.37. The number of nitrogens with zero attached hydrogens (tertiary/aromatic N) is 3. The van der Waals surface area contributed by atoms with Crippen molar-refractivity contribution < 1.29 is 36.6 Å². The first kappa shape index (κ1) is 31.2. The van der Waals surface area contributed by atoms with Crippen molar-refractivity contribution in [3.63, 3.8) is 0 Å². The number of alkyl halides is 1. The summed E-state index contributed by atoms with van der Waals surface area (Å²) in [5.74, 6) is -0.890. The number of halogens is 3. The number of anilines is 1. The lowest BCUT2D eigenvalue weighted by atomic mass is 10.1. The summed E-state index contributed by atoms with van der Waals surface area (Å²) >= 11 is 3.42. The number of aromatic nitrogens is 2. The Labute approximate surface area is 255 Å². The second kappa shape index (κ2) is 12.8. The molecular formula is C28H30BrF2N5O6S. The molecule has 2 aromatic carbocycles. The summed E-state index contributed by atoms with van der Waals surface area (Å²) in [6, 6.07) is 5.98. The maximum absolute atomic E-state index is 14.3. The predicted molar refractivity (Wildman–Crippen MR) is 156 cm³/mol. The zero-order valence-electron chi connectivity index (χ0n) is 23.3. The quantitative estimate of drug-likeness (QED) is 0.310. The predicted octanol–water partition coefficient (Wildman–Crippen LogP) is 3.34. The lowest BCUT2D eigenvalue weighted by molar-refractivity contribution is -0.125. The highest BCUT2D eigenvalue weighted by molar-refractivity contribution is 9.10. The number of benzene rings is 2. The van der Waals surface area contributed by atoms with Crippen molar-refractivity contribution in [1.29, 1.82) is 0 Å². The molecule has 15 heteroatoms. The Morgan fingerprint density at radius 1 is 1.30 bits per heavy atom. The van der Waals surface area contributed by atoms with E-state index in [0.29, 0.717) is 34.3 Å². The van der Waals surface area contributed by atoms with Crippen LogP contribution in [0.4, 0.5) is 14.7 Å². The number of methoxy groups -OCH3 is 1. The molecular weight excluding hydrogens is 652 g/mol. The molecule has 5 rings (SSSR count). The first-order valence-electron chi connectivity index (χ1n) is 13.4. The van der Waals surface area contributed by atoms with E-state index >= 15 is 0 Å². The van der Waals surface area contributed by atoms with E-state index in [-0.39, 0.29) is 35.3 Å². The van der Waals surface area contributed by atoms with Crippen molar-refractivity contribution in [2.45, 2.75) is 49.1 Å². The summed E-state index contributed by atoms with van der Waals surface area (Å²) in [6.07, 6.45) is 0.733. The van der Waals surface area contributed by atoms with Crippen LogP contribution in [-0.2, 0) is 26.1 Å². The van der Waals surface area contributed by atoms with Crippen LogP contribution >= 0.6 is 15.9 Å². The SMILES string of the molecule is COc1cc(F)cc([C@@H](CO)NC(=O)[C@@H](C)N2Cc3ccc(-c4nc(N[C@H]5CCOC[C@H]5F)ncc4Br)cc3S2(=O)=O)c1. The van der Waals surface area contributed by atoms with Gasteiger partial charge in [-0.1, -0.05) is 12.1 Å². The summed E-state index contributed by atoms with van der Waals surface area (Å²) < 4.78 is 67.4. The molecule has 4 atom stereocenters. The molecule has 0 bridgehead atoms. The molecule has 1 saturated heterocycles. The Morgan fingerprint density at radius 3 is 2.81 bits per heavy atom. The Morgan fingerprint density at radius 2 is 2.09 bits per heavy atom. The maximum Gasteiger partial charge on any atom is 0.244 e. The second-order valence-corrected chi connectivity index (χ2v) is 13.0. The van der Waals surface area contributed by atoms with Crippen LogP contribution in [0.25, 0.3) is 11.3 Å². The van der Waals surface area contributed by atoms with Gasteiger partial charge in [-0.15, -0.1) is 0 Å². The van der Waals surface area contributed by atoms with E-state index in [4.69, 9.17) is 9.47 Å². The maximum atomic E-state index is 14.3. The molecule has 0 aliphatic carbocycles. The van der Waals surface area contributed by atoms with E-state index in [1.54, 1.807) is 12.1 Å². The van der Waals surface area contributed by atoms with E-state index in [0.717, 1.165) is 16.4 Å². The molecule has 1 amide bonds. The fourth-order valence-corrected chi connectivity index (χ4v) is 7.26. The summed E-state index contributed by atoms with van der Waals surface area (Å²) in [5, 5.41) is 15.5. The molecule has 0 radical (unpaired) electrons. The first-order valence-corrected chi connectivity index (χ1v) is 15.7. The molecule has 0 unspecified atom stereocenters. The average molecular weight is 683 g/mol. The van der Waals surface area contributed by atoms with E-state index in [1.165, 1.54) is 32.4 Å². The van der Waals surface area contributed by atoms with Gasteiger partial charge in [-0.25, -0.2) is 27.2 Å². The van der Waals surface area contributed by atoms with Crippen molar-refractivity contribution in [3.05, 3.63) is 64.0 Å². The van der Waals surface area contributed by atoms with Gasteiger partial charge in [0.05, 0.1) is 47.5 Å². The van der Waals surface area contributed by atoms with Crippen LogP contribution in [0.15, 0.2) is 52.0 Å². The minimum Gasteiger partial charge on any atom is -0.497 e. The first-order chi connectivity index (χ1) is 20.5. The van der Waals surface area contributed by atoms with Crippen LogP contribution in [0.1, 0.15) is 30.5 Å². The molecule has 2 aliphatic heterocycles. The van der Waals surface area contributed by atoms with Crippen LogP contribution in [0.2, 0.25) is 0 Å². The van der Waals surface area contributed by atoms with Gasteiger partial charge in [-0.05, 0) is 58.6 Å². The van der Waals surface area contributed by atoms with Gasteiger partial charge in [-0.2, -0.15) is 4.31 Å². The fraction of sp³-hybridized carbons (Fsp3) is 0.393. The number of aliphatic hydroxyl groups is 1. The average Bonchev–Trinajstić information content (AvgIpc) is 3.26. The molecule has 3 N–H and O–H groups in total. The minimum atomic E-state index is -4.11. The number of fused-ring (bicyclic) bond motifs is 1. The number of carbonyl (C=O) groups is 1. The second-order valence-electron chi connectivity index (χ2n) is 10.2. The lowest BCUT2D eigenvalue weighted by Gasteiger charge is -2.26. The number of amides is 1. The standard InChI is InChI=1S/C28H30BrF2N5O6S/c1-15(27(38)33-24(13-37)18-7-19(30)10-20(8-18)41-2)36-12-17-4-3-16(9-25(17)43(36,39)40)26-21(29)11-32-28(35-26)34-23-5-6-42-14-22(23)31/h3-4,7-11,15,22-24,37H,5-6,12-14H2,1-2H3,(H,33,38)(H,32,34,35)/t15-,22-,23+,24-/m1/s1. The van der Waals surface area contributed by atoms with Crippen LogP contribution in [-0.4, -0.2) is 78.9 Å². The minimum absolute atomic E-state index is 0.0170. The van der Waals surface area contributed by atoms with Crippen LogP contribution in [0.5, 0.6) is 5.75 Å². The Balaban J connectivity index is 1.35. The zero-order chi connectivity index (χ0) is 30.9. The lowest BCUT2D eigenvalue weighted by Crippen LogP contribution is -2.46. The molecule has 2 aliphatic rings. The number of carbonyl (C=O) groups excluding carboxylic acids is 1. The third-order valence-electron chi connectivity index (χ3n) is 7.44. The number of sulfonamides is 1. The molecule has 230 valence electrons. The largest absolute Gasteiger partial charge is 0.497 e. The number of hydrogen-bond donors (Lipinski definition) is 3. The normalized spacial score (nSPS) is 21.1. The van der Waals surface area contributed by atoms with Crippen molar-refractivity contribution in [2.24, 2.45) is 0 Å². The number of ether oxygens (including phenoxy) is 2. The van der Waals surface area contributed by atoms with Gasteiger partial charge in [0.15, 0.2) is 0 Å². The van der Waals surface area contributed by atoms with Gasteiger partial charge in [0.1, 0.15) is 23.8 Å². The molecule has 0 saturated carbocycles. The van der Waals surface area contributed by atoms with Crippen molar-refractivity contribution in [3.8, 4) is 17.0 Å². The van der Waals surface area contributed by atoms with Gasteiger partial charge in [0.2, 0.25) is 21.9 Å². The van der Waals surface area contributed by atoms with Gasteiger partial charge >= 0.3 is 0 Å². The van der Waals surface area contributed by atoms with Crippen molar-refractivity contribution >= 4 is 37.8 Å². The Bertz CT molecular complexity index is 1630. The molecule has 43 heavy (non-hydrogen) atoms. The number of rotatable bonds is 9. The van der Waals surface area contributed by atoms with Gasteiger partial charge in [0.25, 0.3) is 0 Å². The number of hydrogen-bond acceptors (Lipinski definition) is 9. The van der Waals surface area contributed by atoms with Crippen LogP contribution in [0.3, 0.4) is 0 Å². The number of nitrogens with one attached hydrogen (secondary N) is 2. The van der Waals surface area contributed by atoms with E-state index in [2.05, 4.69) is 36.5 Å². The van der Waals surface area contributed by atoms with E-state index in [1.807, 2.05) is 0 Å². The summed E-state index contributed by atoms with van der Waals surface area (Å²) in [4.78, 5) is 21.9. The monoisotopic (exact) mass is 681 g/mol. The van der Waals surface area contributed by atoms with E-state index in [9.17, 15) is 27.1 Å². The summed E-state index contributed by atoms with van der Waals surface area (Å²) in [5.41, 5.74) is 1.63. The summed E-state index contributed by atoms with van der Waals surface area (Å²) in [6.45, 7) is 1.23. The third kappa shape index (κ3) is 6.50. The van der Waals surface area contributed by atoms with E-state index < -0.39 is 52.7 Å². The fourth-order valence-electron chi connectivity index (χ4n) is 5.03. The highest BCUT2D eigenvalue weighted by atomic mass is 79.9. The van der Waals surface area contributed by atoms with Crippen LogP contribution in [0, 0.1) is 5.82 Å². The third-order valence-corrected chi connectivity index (χ3v) is 10.0. The number of aliphatic hydroxyl groups excluding tert-OH is 1. The van der Waals surface area contributed by atoms with Gasteiger partial charge in [-0.3, -0.25) is 4.79 Å². The molecule has 0 spiro atoms. The van der Waals surface area contributed by atoms with Crippen molar-refractivity contribution in [1.82, 2.24) is 19.6 Å².